The normalized spacial score (nSPS) is 14.6. The van der Waals surface area contributed by atoms with Gasteiger partial charge in [-0.3, -0.25) is 13.8 Å². The standard InChI is InChI=1S/C28H25F2N5O3S/c1-39(36,37)33-23-11-19(25-3-2-22(29)14-26(25)30)10-20(12-23)27-16-31-28-13-18(4-7-34(27)28)21-15-32-35(17-21)24-5-8-38-9-6-24/h2-4,7,10-17,24,33H,5-6,8-9H2,1H3. The molecule has 1 N–H and O–H groups in total. The van der Waals surface area contributed by atoms with Gasteiger partial charge in [-0.05, 0) is 66.4 Å². The number of hydrogen-bond acceptors (Lipinski definition) is 5. The number of pyridine rings is 1. The van der Waals surface area contributed by atoms with Crippen molar-refractivity contribution in [3.8, 4) is 33.5 Å². The highest BCUT2D eigenvalue weighted by Crippen LogP contribution is 2.33. The number of halogens is 2. The van der Waals surface area contributed by atoms with Gasteiger partial charge in [-0.15, -0.1) is 0 Å². The van der Waals surface area contributed by atoms with E-state index in [0.717, 1.165) is 55.6 Å². The van der Waals surface area contributed by atoms with Gasteiger partial charge < -0.3 is 4.74 Å². The summed E-state index contributed by atoms with van der Waals surface area (Å²) in [6.07, 6.45) is 10.3. The maximum atomic E-state index is 14.6. The third-order valence-electron chi connectivity index (χ3n) is 6.79. The van der Waals surface area contributed by atoms with Gasteiger partial charge >= 0.3 is 0 Å². The Morgan fingerprint density at radius 1 is 0.949 bits per heavy atom. The molecule has 11 heteroatoms. The largest absolute Gasteiger partial charge is 0.381 e. The van der Waals surface area contributed by atoms with Crippen LogP contribution in [0.1, 0.15) is 18.9 Å². The second kappa shape index (κ2) is 9.90. The van der Waals surface area contributed by atoms with Gasteiger partial charge in [0.1, 0.15) is 17.3 Å². The fourth-order valence-electron chi connectivity index (χ4n) is 4.94. The lowest BCUT2D eigenvalue weighted by atomic mass is 10.00. The van der Waals surface area contributed by atoms with E-state index < -0.39 is 21.7 Å². The summed E-state index contributed by atoms with van der Waals surface area (Å²) < 4.78 is 63.9. The fourth-order valence-corrected chi connectivity index (χ4v) is 5.48. The number of ether oxygens (including phenoxy) is 1. The van der Waals surface area contributed by atoms with Crippen LogP contribution in [-0.2, 0) is 14.8 Å². The number of nitrogens with zero attached hydrogens (tertiary/aromatic N) is 4. The van der Waals surface area contributed by atoms with Gasteiger partial charge in [0.15, 0.2) is 0 Å². The maximum Gasteiger partial charge on any atom is 0.229 e. The minimum absolute atomic E-state index is 0.146. The average molecular weight is 550 g/mol. The zero-order valence-corrected chi connectivity index (χ0v) is 21.8. The predicted molar refractivity (Wildman–Crippen MR) is 145 cm³/mol. The summed E-state index contributed by atoms with van der Waals surface area (Å²) in [5, 5.41) is 4.56. The average Bonchev–Trinajstić information content (AvgIpc) is 3.55. The Labute approximate surface area is 223 Å². The molecule has 0 atom stereocenters. The van der Waals surface area contributed by atoms with Gasteiger partial charge in [0, 0.05) is 54.1 Å². The van der Waals surface area contributed by atoms with Crippen LogP contribution in [0.25, 0.3) is 39.2 Å². The van der Waals surface area contributed by atoms with Crippen LogP contribution in [0, 0.1) is 11.6 Å². The van der Waals surface area contributed by atoms with E-state index >= 15 is 0 Å². The SMILES string of the molecule is CS(=O)(=O)Nc1cc(-c2ccc(F)cc2F)cc(-c2cnc3cc(-c4cnn(C5CCOCC5)c4)ccn23)c1. The Morgan fingerprint density at radius 3 is 2.51 bits per heavy atom. The molecule has 8 nitrogen and oxygen atoms in total. The Hall–Kier alpha value is -4.09. The van der Waals surface area contributed by atoms with E-state index in [-0.39, 0.29) is 11.3 Å². The highest BCUT2D eigenvalue weighted by atomic mass is 32.2. The molecular formula is C28H25F2N5O3S. The molecule has 0 unspecified atom stereocenters. The van der Waals surface area contributed by atoms with Gasteiger partial charge in [0.05, 0.1) is 30.4 Å². The van der Waals surface area contributed by atoms with Crippen molar-refractivity contribution < 1.29 is 21.9 Å². The molecule has 5 aromatic rings. The lowest BCUT2D eigenvalue weighted by molar-refractivity contribution is 0.0662. The zero-order chi connectivity index (χ0) is 27.1. The number of sulfonamides is 1. The number of nitrogens with one attached hydrogen (secondary N) is 1. The molecule has 2 aromatic carbocycles. The van der Waals surface area contributed by atoms with E-state index in [1.54, 1.807) is 18.3 Å². The van der Waals surface area contributed by atoms with Crippen molar-refractivity contribution in [3.05, 3.63) is 85.0 Å². The molecule has 3 aromatic heterocycles. The highest BCUT2D eigenvalue weighted by molar-refractivity contribution is 7.92. The van der Waals surface area contributed by atoms with Gasteiger partial charge in [-0.1, -0.05) is 0 Å². The molecule has 0 aliphatic carbocycles. The number of anilines is 1. The molecular weight excluding hydrogens is 524 g/mol. The highest BCUT2D eigenvalue weighted by Gasteiger charge is 2.18. The van der Waals surface area contributed by atoms with Crippen LogP contribution >= 0.6 is 0 Å². The monoisotopic (exact) mass is 549 g/mol. The molecule has 0 bridgehead atoms. The summed E-state index contributed by atoms with van der Waals surface area (Å²) in [6.45, 7) is 1.47. The first kappa shape index (κ1) is 25.2. The lowest BCUT2D eigenvalue weighted by Gasteiger charge is -2.22. The number of aromatic nitrogens is 4. The van der Waals surface area contributed by atoms with E-state index in [1.165, 1.54) is 12.1 Å². The molecule has 1 fully saturated rings. The Kier molecular flexibility index (Phi) is 6.40. The van der Waals surface area contributed by atoms with Crippen molar-refractivity contribution in [2.75, 3.05) is 24.2 Å². The lowest BCUT2D eigenvalue weighted by Crippen LogP contribution is -2.19. The van der Waals surface area contributed by atoms with Gasteiger partial charge in [0.25, 0.3) is 0 Å². The molecule has 1 aliphatic heterocycles. The Balaban J connectivity index is 1.39. The van der Waals surface area contributed by atoms with Crippen LogP contribution in [-0.4, -0.2) is 47.1 Å². The molecule has 0 spiro atoms. The summed E-state index contributed by atoms with van der Waals surface area (Å²) in [5.41, 5.74) is 4.68. The van der Waals surface area contributed by atoms with Crippen LogP contribution in [0.4, 0.5) is 14.5 Å². The summed E-state index contributed by atoms with van der Waals surface area (Å²) >= 11 is 0. The number of rotatable bonds is 6. The van der Waals surface area contributed by atoms with Crippen LogP contribution in [0.15, 0.2) is 73.3 Å². The number of hydrogen-bond donors (Lipinski definition) is 1. The second-order valence-electron chi connectivity index (χ2n) is 9.64. The first-order chi connectivity index (χ1) is 18.7. The summed E-state index contributed by atoms with van der Waals surface area (Å²) in [5.74, 6) is -1.45. The number of imidazole rings is 1. The molecule has 4 heterocycles. The molecule has 1 aliphatic rings. The first-order valence-electron chi connectivity index (χ1n) is 12.4. The minimum Gasteiger partial charge on any atom is -0.381 e. The van der Waals surface area contributed by atoms with Crippen molar-refractivity contribution >= 4 is 21.4 Å². The summed E-state index contributed by atoms with van der Waals surface area (Å²) in [6, 6.07) is 12.4. The van der Waals surface area contributed by atoms with Crippen molar-refractivity contribution in [2.24, 2.45) is 0 Å². The summed E-state index contributed by atoms with van der Waals surface area (Å²) in [7, 11) is -3.60. The third kappa shape index (κ3) is 5.27. The van der Waals surface area contributed by atoms with Crippen LogP contribution in [0.2, 0.25) is 0 Å². The van der Waals surface area contributed by atoms with Crippen molar-refractivity contribution in [1.29, 1.82) is 0 Å². The number of benzene rings is 2. The van der Waals surface area contributed by atoms with E-state index in [1.807, 2.05) is 39.8 Å². The van der Waals surface area contributed by atoms with Crippen LogP contribution in [0.5, 0.6) is 0 Å². The second-order valence-corrected chi connectivity index (χ2v) is 11.4. The first-order valence-corrected chi connectivity index (χ1v) is 14.3. The van der Waals surface area contributed by atoms with E-state index in [2.05, 4.69) is 14.8 Å². The zero-order valence-electron chi connectivity index (χ0n) is 21.0. The quantitative estimate of drug-likeness (QED) is 0.301. The van der Waals surface area contributed by atoms with E-state index in [9.17, 15) is 17.2 Å². The van der Waals surface area contributed by atoms with Crippen LogP contribution < -0.4 is 4.72 Å². The molecule has 0 radical (unpaired) electrons. The van der Waals surface area contributed by atoms with Crippen molar-refractivity contribution in [3.63, 3.8) is 0 Å². The minimum atomic E-state index is -3.60. The smallest absolute Gasteiger partial charge is 0.229 e. The topological polar surface area (TPSA) is 90.5 Å². The molecule has 6 rings (SSSR count). The third-order valence-corrected chi connectivity index (χ3v) is 7.39. The van der Waals surface area contributed by atoms with E-state index in [0.29, 0.717) is 28.5 Å². The Morgan fingerprint density at radius 2 is 1.74 bits per heavy atom. The van der Waals surface area contributed by atoms with Crippen molar-refractivity contribution in [2.45, 2.75) is 18.9 Å². The summed E-state index contributed by atoms with van der Waals surface area (Å²) in [4.78, 5) is 4.57. The molecule has 1 saturated heterocycles. The molecule has 200 valence electrons. The fraction of sp³-hybridized carbons (Fsp3) is 0.214. The van der Waals surface area contributed by atoms with Gasteiger partial charge in [-0.25, -0.2) is 22.2 Å². The van der Waals surface area contributed by atoms with E-state index in [4.69, 9.17) is 4.74 Å². The predicted octanol–water partition coefficient (Wildman–Crippen LogP) is 5.53. The number of fused-ring (bicyclic) bond motifs is 1. The molecule has 0 amide bonds. The van der Waals surface area contributed by atoms with Gasteiger partial charge in [0.2, 0.25) is 10.0 Å². The maximum absolute atomic E-state index is 14.6. The molecule has 0 saturated carbocycles. The van der Waals surface area contributed by atoms with Crippen molar-refractivity contribution in [1.82, 2.24) is 19.2 Å². The molecule has 39 heavy (non-hydrogen) atoms. The van der Waals surface area contributed by atoms with Gasteiger partial charge in [-0.2, -0.15) is 5.10 Å². The Bertz CT molecular complexity index is 1790. The van der Waals surface area contributed by atoms with Crippen LogP contribution in [0.3, 0.4) is 0 Å².